The summed E-state index contributed by atoms with van der Waals surface area (Å²) in [6.07, 6.45) is 2.52. The van der Waals surface area contributed by atoms with E-state index in [0.717, 1.165) is 81.3 Å². The molecular formula is C22H33ClIN7O. The molecule has 1 aromatic carbocycles. The van der Waals surface area contributed by atoms with E-state index >= 15 is 0 Å². The summed E-state index contributed by atoms with van der Waals surface area (Å²) >= 11 is 6.14. The van der Waals surface area contributed by atoms with Gasteiger partial charge in [-0.25, -0.2) is 4.99 Å². The number of guanidine groups is 1. The van der Waals surface area contributed by atoms with Crippen molar-refractivity contribution in [2.24, 2.45) is 12.0 Å². The first-order chi connectivity index (χ1) is 15.1. The third kappa shape index (κ3) is 6.79. The molecule has 0 radical (unpaired) electrons. The molecule has 176 valence electrons. The molecule has 1 aromatic heterocycles. The van der Waals surface area contributed by atoms with E-state index in [1.807, 2.05) is 36.7 Å². The number of benzene rings is 1. The molecule has 8 nitrogen and oxygen atoms in total. The number of aromatic nitrogens is 3. The van der Waals surface area contributed by atoms with Gasteiger partial charge in [0.25, 0.3) is 0 Å². The van der Waals surface area contributed by atoms with Crippen LogP contribution in [-0.2, 0) is 24.9 Å². The van der Waals surface area contributed by atoms with Crippen LogP contribution in [0.4, 0.5) is 0 Å². The summed E-state index contributed by atoms with van der Waals surface area (Å²) < 4.78 is 7.78. The van der Waals surface area contributed by atoms with E-state index < -0.39 is 0 Å². The van der Waals surface area contributed by atoms with Gasteiger partial charge in [0.1, 0.15) is 12.4 Å². The second-order valence-electron chi connectivity index (χ2n) is 8.27. The van der Waals surface area contributed by atoms with Gasteiger partial charge in [0.2, 0.25) is 0 Å². The van der Waals surface area contributed by atoms with Crippen LogP contribution in [0.5, 0.6) is 0 Å². The van der Waals surface area contributed by atoms with Gasteiger partial charge >= 0.3 is 0 Å². The number of aliphatic imine (C=N–C) groups is 1. The lowest BCUT2D eigenvalue weighted by Gasteiger charge is -2.37. The maximum absolute atomic E-state index is 6.14. The van der Waals surface area contributed by atoms with Gasteiger partial charge < -0.3 is 19.5 Å². The van der Waals surface area contributed by atoms with Gasteiger partial charge in [0.15, 0.2) is 11.8 Å². The third-order valence-corrected chi connectivity index (χ3v) is 6.27. The third-order valence-electron chi connectivity index (χ3n) is 6.03. The molecule has 0 amide bonds. The number of halogens is 2. The molecule has 3 heterocycles. The molecule has 1 unspecified atom stereocenters. The molecule has 2 saturated heterocycles. The van der Waals surface area contributed by atoms with Crippen LogP contribution in [-0.4, -0.2) is 76.0 Å². The summed E-state index contributed by atoms with van der Waals surface area (Å²) in [5.74, 6) is 2.70. The molecule has 0 spiro atoms. The van der Waals surface area contributed by atoms with Gasteiger partial charge in [-0.2, -0.15) is 0 Å². The Hall–Kier alpha value is -1.43. The summed E-state index contributed by atoms with van der Waals surface area (Å²) in [6.45, 7) is 8.85. The van der Waals surface area contributed by atoms with E-state index in [1.54, 1.807) is 0 Å². The molecule has 0 bridgehead atoms. The van der Waals surface area contributed by atoms with E-state index in [-0.39, 0.29) is 30.1 Å². The van der Waals surface area contributed by atoms with E-state index in [1.165, 1.54) is 5.56 Å². The highest BCUT2D eigenvalue weighted by Crippen LogP contribution is 2.15. The largest absolute Gasteiger partial charge is 0.376 e. The van der Waals surface area contributed by atoms with Crippen molar-refractivity contribution in [1.29, 1.82) is 0 Å². The molecule has 4 rings (SSSR count). The minimum atomic E-state index is 0. The SMILES string of the molecule is Cc1nnc(CN=C(NCC2CCCO2)N2CCN(Cc3cccc(Cl)c3)CC2)n1C.I. The Morgan fingerprint density at radius 1 is 1.25 bits per heavy atom. The van der Waals surface area contributed by atoms with Crippen molar-refractivity contribution < 1.29 is 4.74 Å². The van der Waals surface area contributed by atoms with Gasteiger partial charge in [-0.3, -0.25) is 4.90 Å². The van der Waals surface area contributed by atoms with Crippen molar-refractivity contribution >= 4 is 41.5 Å². The fourth-order valence-electron chi connectivity index (χ4n) is 4.02. The van der Waals surface area contributed by atoms with Gasteiger partial charge in [0, 0.05) is 57.9 Å². The molecule has 0 saturated carbocycles. The van der Waals surface area contributed by atoms with Crippen molar-refractivity contribution in [1.82, 2.24) is 29.9 Å². The summed E-state index contributed by atoms with van der Waals surface area (Å²) in [7, 11) is 1.98. The van der Waals surface area contributed by atoms with Crippen molar-refractivity contribution in [3.8, 4) is 0 Å². The smallest absolute Gasteiger partial charge is 0.194 e. The van der Waals surface area contributed by atoms with Crippen molar-refractivity contribution in [2.45, 2.75) is 39.0 Å². The topological polar surface area (TPSA) is 70.8 Å². The van der Waals surface area contributed by atoms with Crippen LogP contribution in [0.25, 0.3) is 0 Å². The van der Waals surface area contributed by atoms with Crippen molar-refractivity contribution in [3.05, 3.63) is 46.5 Å². The Morgan fingerprint density at radius 3 is 2.72 bits per heavy atom. The maximum Gasteiger partial charge on any atom is 0.194 e. The molecular weight excluding hydrogens is 541 g/mol. The van der Waals surface area contributed by atoms with Crippen LogP contribution in [0.3, 0.4) is 0 Å². The summed E-state index contributed by atoms with van der Waals surface area (Å²) in [4.78, 5) is 9.69. The molecule has 2 fully saturated rings. The second kappa shape index (κ2) is 12.2. The number of nitrogens with one attached hydrogen (secondary N) is 1. The first kappa shape index (κ1) is 25.2. The number of aryl methyl sites for hydroxylation is 1. The second-order valence-corrected chi connectivity index (χ2v) is 8.71. The predicted molar refractivity (Wildman–Crippen MR) is 138 cm³/mol. The normalized spacial score (nSPS) is 19.8. The fourth-order valence-corrected chi connectivity index (χ4v) is 4.24. The Kier molecular flexibility index (Phi) is 9.57. The van der Waals surface area contributed by atoms with E-state index in [4.69, 9.17) is 21.3 Å². The van der Waals surface area contributed by atoms with Crippen LogP contribution in [0, 0.1) is 6.92 Å². The first-order valence-corrected chi connectivity index (χ1v) is 11.4. The molecule has 2 aromatic rings. The summed E-state index contributed by atoms with van der Waals surface area (Å²) in [6, 6.07) is 8.12. The van der Waals surface area contributed by atoms with Gasteiger partial charge in [-0.1, -0.05) is 23.7 Å². The monoisotopic (exact) mass is 573 g/mol. The van der Waals surface area contributed by atoms with E-state index in [2.05, 4.69) is 31.4 Å². The van der Waals surface area contributed by atoms with Crippen molar-refractivity contribution in [3.63, 3.8) is 0 Å². The molecule has 0 aliphatic carbocycles. The lowest BCUT2D eigenvalue weighted by Crippen LogP contribution is -2.53. The summed E-state index contributed by atoms with van der Waals surface area (Å²) in [5, 5.41) is 12.7. The number of ether oxygens (including phenoxy) is 1. The van der Waals surface area contributed by atoms with Crippen LogP contribution in [0.15, 0.2) is 29.3 Å². The van der Waals surface area contributed by atoms with Crippen molar-refractivity contribution in [2.75, 3.05) is 39.3 Å². The Bertz CT molecular complexity index is 892. The van der Waals surface area contributed by atoms with Gasteiger partial charge in [0.05, 0.1) is 6.10 Å². The maximum atomic E-state index is 6.14. The van der Waals surface area contributed by atoms with Crippen LogP contribution >= 0.6 is 35.6 Å². The quantitative estimate of drug-likeness (QED) is 0.326. The highest BCUT2D eigenvalue weighted by atomic mass is 127. The Labute approximate surface area is 212 Å². The van der Waals surface area contributed by atoms with Gasteiger partial charge in [-0.05, 0) is 37.5 Å². The van der Waals surface area contributed by atoms with Gasteiger partial charge in [-0.15, -0.1) is 34.2 Å². The highest BCUT2D eigenvalue weighted by Gasteiger charge is 2.22. The first-order valence-electron chi connectivity index (χ1n) is 11.0. The molecule has 2 aliphatic rings. The van der Waals surface area contributed by atoms with Crippen LogP contribution < -0.4 is 5.32 Å². The Balaban J connectivity index is 0.00000289. The number of nitrogens with zero attached hydrogens (tertiary/aromatic N) is 6. The van der Waals surface area contributed by atoms with Crippen LogP contribution in [0.2, 0.25) is 5.02 Å². The molecule has 1 N–H and O–H groups in total. The van der Waals surface area contributed by atoms with Crippen LogP contribution in [0.1, 0.15) is 30.1 Å². The fraction of sp³-hybridized carbons (Fsp3) is 0.591. The highest BCUT2D eigenvalue weighted by molar-refractivity contribution is 14.0. The number of piperazine rings is 1. The zero-order valence-corrected chi connectivity index (χ0v) is 21.9. The summed E-state index contributed by atoms with van der Waals surface area (Å²) in [5.41, 5.74) is 1.25. The lowest BCUT2D eigenvalue weighted by atomic mass is 10.2. The van der Waals surface area contributed by atoms with E-state index in [9.17, 15) is 0 Å². The molecule has 1 atom stereocenters. The number of rotatable bonds is 6. The number of hydrogen-bond donors (Lipinski definition) is 1. The molecule has 2 aliphatic heterocycles. The zero-order valence-electron chi connectivity index (χ0n) is 18.8. The Morgan fingerprint density at radius 2 is 2.06 bits per heavy atom. The molecule has 32 heavy (non-hydrogen) atoms. The predicted octanol–water partition coefficient (Wildman–Crippen LogP) is 2.84. The van der Waals surface area contributed by atoms with E-state index in [0.29, 0.717) is 6.54 Å². The average molecular weight is 574 g/mol. The zero-order chi connectivity index (χ0) is 21.6. The molecule has 10 heteroatoms. The average Bonchev–Trinajstić information content (AvgIpc) is 3.40. The minimum absolute atomic E-state index is 0. The minimum Gasteiger partial charge on any atom is -0.376 e. The lowest BCUT2D eigenvalue weighted by molar-refractivity contribution is 0.112. The number of hydrogen-bond acceptors (Lipinski definition) is 5. The standard InChI is InChI=1S/C22H32ClN7O.HI/c1-17-26-27-21(28(17)2)15-25-22(24-14-20-7-4-12-31-20)30-10-8-29(9-11-30)16-18-5-3-6-19(23)13-18;/h3,5-6,13,20H,4,7-12,14-16H2,1-2H3,(H,24,25);1H.